The Balaban J connectivity index is 1.36. The van der Waals surface area contributed by atoms with Gasteiger partial charge in [-0.05, 0) is 48.9 Å². The molecule has 4 rings (SSSR count). The number of morpholine rings is 1. The molecule has 32 heavy (non-hydrogen) atoms. The summed E-state index contributed by atoms with van der Waals surface area (Å²) in [6.07, 6.45) is 0.297. The number of aryl methyl sites for hydroxylation is 1. The van der Waals surface area contributed by atoms with Crippen molar-refractivity contribution in [3.8, 4) is 5.75 Å². The molecule has 0 radical (unpaired) electrons. The van der Waals surface area contributed by atoms with E-state index in [4.69, 9.17) is 9.47 Å². The maximum atomic E-state index is 12.3. The molecule has 0 saturated carbocycles. The van der Waals surface area contributed by atoms with Gasteiger partial charge in [0, 0.05) is 36.2 Å². The second-order valence-electron chi connectivity index (χ2n) is 7.57. The minimum Gasteiger partial charge on any atom is -0.497 e. The van der Waals surface area contributed by atoms with Crippen molar-refractivity contribution in [3.63, 3.8) is 0 Å². The molecule has 0 unspecified atom stereocenters. The molecule has 166 valence electrons. The highest BCUT2D eigenvalue weighted by atomic mass is 16.5. The molecule has 2 aromatic carbocycles. The molecule has 0 bridgehead atoms. The standard InChI is InChI=1S/C24H27N5O3/c1-17-15-22(29-11-13-32-14-12-29)28-24(25-17)27-20-7-5-19(6-8-20)26-23(30)16-18-3-9-21(31-2)10-4-18/h3-10,15H,11-14,16H2,1-2H3,(H,26,30)(H,25,27,28). The molecule has 0 atom stereocenters. The smallest absolute Gasteiger partial charge is 0.229 e. The van der Waals surface area contributed by atoms with Gasteiger partial charge in [-0.15, -0.1) is 0 Å². The number of carbonyl (C=O) groups is 1. The van der Waals surface area contributed by atoms with Gasteiger partial charge in [0.1, 0.15) is 11.6 Å². The number of hydrogen-bond donors (Lipinski definition) is 2. The van der Waals surface area contributed by atoms with Crippen LogP contribution in [0.3, 0.4) is 0 Å². The summed E-state index contributed by atoms with van der Waals surface area (Å²) in [5.41, 5.74) is 3.39. The van der Waals surface area contributed by atoms with Gasteiger partial charge in [0.25, 0.3) is 0 Å². The molecular weight excluding hydrogens is 406 g/mol. The van der Waals surface area contributed by atoms with Crippen LogP contribution in [0.2, 0.25) is 0 Å². The van der Waals surface area contributed by atoms with E-state index in [1.54, 1.807) is 7.11 Å². The van der Waals surface area contributed by atoms with Crippen LogP contribution in [0.15, 0.2) is 54.6 Å². The van der Waals surface area contributed by atoms with Gasteiger partial charge in [0.05, 0.1) is 26.7 Å². The Morgan fingerprint density at radius 2 is 1.72 bits per heavy atom. The lowest BCUT2D eigenvalue weighted by molar-refractivity contribution is -0.115. The SMILES string of the molecule is COc1ccc(CC(=O)Nc2ccc(Nc3nc(C)cc(N4CCOCC4)n3)cc2)cc1. The van der Waals surface area contributed by atoms with Crippen LogP contribution in [0.5, 0.6) is 5.75 Å². The van der Waals surface area contributed by atoms with Gasteiger partial charge in [-0.25, -0.2) is 4.98 Å². The zero-order valence-corrected chi connectivity index (χ0v) is 18.3. The number of aromatic nitrogens is 2. The van der Waals surface area contributed by atoms with Gasteiger partial charge < -0.3 is 25.0 Å². The molecular formula is C24H27N5O3. The van der Waals surface area contributed by atoms with Crippen molar-refractivity contribution < 1.29 is 14.3 Å². The quantitative estimate of drug-likeness (QED) is 0.589. The first-order valence-electron chi connectivity index (χ1n) is 10.6. The van der Waals surface area contributed by atoms with Gasteiger partial charge in [-0.3, -0.25) is 4.79 Å². The Bertz CT molecular complexity index is 1050. The van der Waals surface area contributed by atoms with Gasteiger partial charge in [-0.2, -0.15) is 4.98 Å². The molecule has 8 nitrogen and oxygen atoms in total. The molecule has 1 saturated heterocycles. The van der Waals surface area contributed by atoms with Crippen LogP contribution in [-0.4, -0.2) is 49.3 Å². The second-order valence-corrected chi connectivity index (χ2v) is 7.57. The average Bonchev–Trinajstić information content (AvgIpc) is 2.81. The Morgan fingerprint density at radius 1 is 1.03 bits per heavy atom. The van der Waals surface area contributed by atoms with E-state index in [-0.39, 0.29) is 5.91 Å². The molecule has 1 amide bonds. The number of amides is 1. The number of anilines is 4. The van der Waals surface area contributed by atoms with Gasteiger partial charge in [0.15, 0.2) is 0 Å². The van der Waals surface area contributed by atoms with Crippen LogP contribution in [0.1, 0.15) is 11.3 Å². The van der Waals surface area contributed by atoms with Crippen molar-refractivity contribution in [2.45, 2.75) is 13.3 Å². The van der Waals surface area contributed by atoms with Crippen molar-refractivity contribution in [2.75, 3.05) is 48.9 Å². The predicted octanol–water partition coefficient (Wildman–Crippen LogP) is 3.56. The van der Waals surface area contributed by atoms with Gasteiger partial charge in [-0.1, -0.05) is 12.1 Å². The number of nitrogens with one attached hydrogen (secondary N) is 2. The number of nitrogens with zero attached hydrogens (tertiary/aromatic N) is 3. The molecule has 1 aliphatic heterocycles. The summed E-state index contributed by atoms with van der Waals surface area (Å²) in [4.78, 5) is 23.7. The zero-order chi connectivity index (χ0) is 22.3. The van der Waals surface area contributed by atoms with Crippen LogP contribution in [0.25, 0.3) is 0 Å². The highest BCUT2D eigenvalue weighted by Crippen LogP contribution is 2.21. The van der Waals surface area contributed by atoms with E-state index in [2.05, 4.69) is 25.5 Å². The summed E-state index contributed by atoms with van der Waals surface area (Å²) in [5, 5.41) is 6.17. The van der Waals surface area contributed by atoms with Gasteiger partial charge >= 0.3 is 0 Å². The predicted molar refractivity (Wildman–Crippen MR) is 125 cm³/mol. The molecule has 0 aliphatic carbocycles. The van der Waals surface area contributed by atoms with E-state index in [9.17, 15) is 4.79 Å². The van der Waals surface area contributed by atoms with Crippen molar-refractivity contribution in [3.05, 3.63) is 65.9 Å². The third-order valence-electron chi connectivity index (χ3n) is 5.12. The molecule has 2 heterocycles. The molecule has 3 aromatic rings. The van der Waals surface area contributed by atoms with E-state index >= 15 is 0 Å². The number of benzene rings is 2. The van der Waals surface area contributed by atoms with Gasteiger partial charge in [0.2, 0.25) is 11.9 Å². The van der Waals surface area contributed by atoms with Crippen LogP contribution in [0.4, 0.5) is 23.1 Å². The summed E-state index contributed by atoms with van der Waals surface area (Å²) in [6.45, 7) is 5.01. The maximum Gasteiger partial charge on any atom is 0.229 e. The normalized spacial score (nSPS) is 13.5. The largest absolute Gasteiger partial charge is 0.497 e. The van der Waals surface area contributed by atoms with Crippen molar-refractivity contribution in [1.82, 2.24) is 9.97 Å². The van der Waals surface area contributed by atoms with E-state index in [0.717, 1.165) is 47.3 Å². The molecule has 2 N–H and O–H groups in total. The number of methoxy groups -OCH3 is 1. The third-order valence-corrected chi connectivity index (χ3v) is 5.12. The van der Waals surface area contributed by atoms with E-state index < -0.39 is 0 Å². The van der Waals surface area contributed by atoms with Crippen molar-refractivity contribution >= 4 is 29.0 Å². The lowest BCUT2D eigenvalue weighted by Gasteiger charge is -2.28. The van der Waals surface area contributed by atoms with Crippen molar-refractivity contribution in [1.29, 1.82) is 0 Å². The fraction of sp³-hybridized carbons (Fsp3) is 0.292. The monoisotopic (exact) mass is 433 g/mol. The second kappa shape index (κ2) is 10.1. The van der Waals surface area contributed by atoms with Crippen molar-refractivity contribution in [2.24, 2.45) is 0 Å². The minimum atomic E-state index is -0.0759. The highest BCUT2D eigenvalue weighted by molar-refractivity contribution is 5.92. The summed E-state index contributed by atoms with van der Waals surface area (Å²) in [7, 11) is 1.62. The lowest BCUT2D eigenvalue weighted by atomic mass is 10.1. The summed E-state index contributed by atoms with van der Waals surface area (Å²) in [5.74, 6) is 2.13. The number of ether oxygens (including phenoxy) is 2. The van der Waals surface area contributed by atoms with Crippen LogP contribution < -0.4 is 20.3 Å². The summed E-state index contributed by atoms with van der Waals surface area (Å²) in [6, 6.07) is 16.9. The molecule has 1 aliphatic rings. The van der Waals surface area contributed by atoms with Crippen LogP contribution in [0, 0.1) is 6.92 Å². The van der Waals surface area contributed by atoms with E-state index in [0.29, 0.717) is 25.6 Å². The summed E-state index contributed by atoms with van der Waals surface area (Å²) < 4.78 is 10.6. The van der Waals surface area contributed by atoms with Crippen LogP contribution in [-0.2, 0) is 16.0 Å². The fourth-order valence-corrected chi connectivity index (χ4v) is 3.46. The Kier molecular flexibility index (Phi) is 6.81. The average molecular weight is 434 g/mol. The first-order valence-corrected chi connectivity index (χ1v) is 10.6. The third kappa shape index (κ3) is 5.73. The molecule has 0 spiro atoms. The fourth-order valence-electron chi connectivity index (χ4n) is 3.46. The van der Waals surface area contributed by atoms with Crippen LogP contribution >= 0.6 is 0 Å². The molecule has 1 fully saturated rings. The molecule has 1 aromatic heterocycles. The van der Waals surface area contributed by atoms with E-state index in [1.807, 2.05) is 61.5 Å². The topological polar surface area (TPSA) is 88.6 Å². The zero-order valence-electron chi connectivity index (χ0n) is 18.3. The van der Waals surface area contributed by atoms with E-state index in [1.165, 1.54) is 0 Å². The maximum absolute atomic E-state index is 12.3. The Morgan fingerprint density at radius 3 is 2.41 bits per heavy atom. The first-order chi connectivity index (χ1) is 15.6. The minimum absolute atomic E-state index is 0.0759. The number of rotatable bonds is 7. The lowest BCUT2D eigenvalue weighted by Crippen LogP contribution is -2.36. The highest BCUT2D eigenvalue weighted by Gasteiger charge is 2.14. The first kappa shape index (κ1) is 21.6. The Labute approximate surface area is 187 Å². The summed E-state index contributed by atoms with van der Waals surface area (Å²) >= 11 is 0. The number of carbonyl (C=O) groups excluding carboxylic acids is 1. The Hall–Kier alpha value is -3.65. The number of hydrogen-bond acceptors (Lipinski definition) is 7. The molecule has 8 heteroatoms.